The molecule has 2 heterocycles. The van der Waals surface area contributed by atoms with E-state index in [1.54, 1.807) is 29.8 Å². The lowest BCUT2D eigenvalue weighted by molar-refractivity contribution is -0.114. The van der Waals surface area contributed by atoms with Gasteiger partial charge in [0, 0.05) is 16.7 Å². The van der Waals surface area contributed by atoms with Crippen molar-refractivity contribution in [2.75, 3.05) is 4.90 Å². The molecule has 1 aliphatic heterocycles. The van der Waals surface area contributed by atoms with Gasteiger partial charge in [-0.2, -0.15) is 0 Å². The van der Waals surface area contributed by atoms with Gasteiger partial charge in [0.05, 0.1) is 10.6 Å². The fourth-order valence-corrected chi connectivity index (χ4v) is 3.02. The minimum absolute atomic E-state index is 0.118. The Kier molecular flexibility index (Phi) is 2.87. The zero-order chi connectivity index (χ0) is 13.4. The summed E-state index contributed by atoms with van der Waals surface area (Å²) in [5.41, 5.74) is 1.37. The predicted molar refractivity (Wildman–Crippen MR) is 76.8 cm³/mol. The molecule has 94 valence electrons. The van der Waals surface area contributed by atoms with Crippen molar-refractivity contribution in [1.29, 1.82) is 0 Å². The maximum absolute atomic E-state index is 12.4. The highest BCUT2D eigenvalue weighted by atomic mass is 32.2. The Morgan fingerprint density at radius 1 is 1.21 bits per heavy atom. The molecule has 0 N–H and O–H groups in total. The average Bonchev–Trinajstić information content (AvgIpc) is 2.43. The van der Waals surface area contributed by atoms with E-state index >= 15 is 0 Å². The summed E-state index contributed by atoms with van der Waals surface area (Å²) in [7, 11) is 0. The van der Waals surface area contributed by atoms with Crippen LogP contribution >= 0.6 is 11.8 Å². The summed E-state index contributed by atoms with van der Waals surface area (Å²) in [5, 5.41) is 0. The summed E-state index contributed by atoms with van der Waals surface area (Å²) in [6, 6.07) is 11.7. The van der Waals surface area contributed by atoms with Crippen LogP contribution in [0.4, 0.5) is 11.5 Å². The molecule has 3 rings (SSSR count). The van der Waals surface area contributed by atoms with Gasteiger partial charge in [0.2, 0.25) is 0 Å². The maximum Gasteiger partial charge on any atom is 0.259 e. The SMILES string of the molecule is C=C(C)C(=O)N1c2ccccc2Sc2cccnc21. The number of carbonyl (C=O) groups is 1. The van der Waals surface area contributed by atoms with Crippen LogP contribution in [0.3, 0.4) is 0 Å². The third-order valence-electron chi connectivity index (χ3n) is 2.86. The first-order valence-electron chi connectivity index (χ1n) is 5.90. The van der Waals surface area contributed by atoms with Crippen molar-refractivity contribution in [2.24, 2.45) is 0 Å². The molecule has 3 nitrogen and oxygen atoms in total. The Bertz CT molecular complexity index is 636. The van der Waals surface area contributed by atoms with Gasteiger partial charge in [-0.15, -0.1) is 0 Å². The van der Waals surface area contributed by atoms with E-state index in [4.69, 9.17) is 0 Å². The molecule has 0 spiro atoms. The fourth-order valence-electron chi connectivity index (χ4n) is 1.99. The van der Waals surface area contributed by atoms with Gasteiger partial charge in [-0.3, -0.25) is 9.69 Å². The summed E-state index contributed by atoms with van der Waals surface area (Å²) in [5.74, 6) is 0.562. The number of benzene rings is 1. The van der Waals surface area contributed by atoms with E-state index in [1.807, 2.05) is 36.4 Å². The molecule has 0 aliphatic carbocycles. The lowest BCUT2D eigenvalue weighted by Crippen LogP contribution is -2.29. The lowest BCUT2D eigenvalue weighted by Gasteiger charge is -2.29. The van der Waals surface area contributed by atoms with Crippen molar-refractivity contribution in [1.82, 2.24) is 4.98 Å². The molecule has 1 amide bonds. The number of rotatable bonds is 1. The maximum atomic E-state index is 12.4. The van der Waals surface area contributed by atoms with Crippen LogP contribution in [0.1, 0.15) is 6.92 Å². The number of hydrogen-bond acceptors (Lipinski definition) is 3. The van der Waals surface area contributed by atoms with Gasteiger partial charge in [0.1, 0.15) is 0 Å². The lowest BCUT2D eigenvalue weighted by atomic mass is 10.2. The zero-order valence-corrected chi connectivity index (χ0v) is 11.3. The van der Waals surface area contributed by atoms with Crippen LogP contribution < -0.4 is 4.90 Å². The molecule has 0 unspecified atom stereocenters. The van der Waals surface area contributed by atoms with Gasteiger partial charge >= 0.3 is 0 Å². The Labute approximate surface area is 116 Å². The first-order valence-corrected chi connectivity index (χ1v) is 6.72. The number of amides is 1. The topological polar surface area (TPSA) is 33.2 Å². The number of para-hydroxylation sites is 1. The van der Waals surface area contributed by atoms with Gasteiger partial charge in [-0.05, 0) is 31.2 Å². The molecule has 1 aromatic heterocycles. The fraction of sp³-hybridized carbons (Fsp3) is 0.0667. The molecule has 19 heavy (non-hydrogen) atoms. The molecule has 0 saturated carbocycles. The summed E-state index contributed by atoms with van der Waals surface area (Å²) in [6.07, 6.45) is 1.70. The summed E-state index contributed by atoms with van der Waals surface area (Å²) >= 11 is 1.63. The van der Waals surface area contributed by atoms with Crippen molar-refractivity contribution in [3.05, 3.63) is 54.7 Å². The molecule has 1 aliphatic rings. The molecule has 4 heteroatoms. The summed E-state index contributed by atoms with van der Waals surface area (Å²) < 4.78 is 0. The predicted octanol–water partition coefficient (Wildman–Crippen LogP) is 3.79. The van der Waals surface area contributed by atoms with Crippen LogP contribution in [0, 0.1) is 0 Å². The minimum Gasteiger partial charge on any atom is -0.269 e. The first-order chi connectivity index (χ1) is 9.18. The number of carbonyl (C=O) groups excluding carboxylic acids is 1. The van der Waals surface area contributed by atoms with E-state index in [0.717, 1.165) is 15.5 Å². The Morgan fingerprint density at radius 2 is 1.95 bits per heavy atom. The monoisotopic (exact) mass is 268 g/mol. The van der Waals surface area contributed by atoms with Crippen LogP contribution in [-0.4, -0.2) is 10.9 Å². The molecule has 0 saturated heterocycles. The zero-order valence-electron chi connectivity index (χ0n) is 10.5. The van der Waals surface area contributed by atoms with Crippen molar-refractivity contribution < 1.29 is 4.79 Å². The molecular weight excluding hydrogens is 256 g/mol. The van der Waals surface area contributed by atoms with Crippen LogP contribution in [0.2, 0.25) is 0 Å². The van der Waals surface area contributed by atoms with Gasteiger partial charge < -0.3 is 0 Å². The third-order valence-corrected chi connectivity index (χ3v) is 3.96. The highest BCUT2D eigenvalue weighted by molar-refractivity contribution is 7.99. The van der Waals surface area contributed by atoms with E-state index in [0.29, 0.717) is 11.4 Å². The molecule has 0 bridgehead atoms. The highest BCUT2D eigenvalue weighted by Gasteiger charge is 2.29. The van der Waals surface area contributed by atoms with E-state index < -0.39 is 0 Å². The first kappa shape index (κ1) is 12.0. The molecule has 0 radical (unpaired) electrons. The van der Waals surface area contributed by atoms with Crippen molar-refractivity contribution in [2.45, 2.75) is 16.7 Å². The van der Waals surface area contributed by atoms with Crippen molar-refractivity contribution >= 4 is 29.2 Å². The standard InChI is InChI=1S/C15H12N2OS/c1-10(2)15(18)17-11-6-3-4-7-12(11)19-13-8-5-9-16-14(13)17/h3-9H,1H2,2H3. The van der Waals surface area contributed by atoms with Gasteiger partial charge in [0.25, 0.3) is 5.91 Å². The molecule has 0 fully saturated rings. The quantitative estimate of drug-likeness (QED) is 0.738. The van der Waals surface area contributed by atoms with Gasteiger partial charge in [-0.25, -0.2) is 4.98 Å². The number of pyridine rings is 1. The van der Waals surface area contributed by atoms with Gasteiger partial charge in [0.15, 0.2) is 5.82 Å². The van der Waals surface area contributed by atoms with Crippen LogP contribution in [-0.2, 0) is 4.79 Å². The van der Waals surface area contributed by atoms with Crippen LogP contribution in [0.15, 0.2) is 64.5 Å². The second-order valence-electron chi connectivity index (χ2n) is 4.32. The van der Waals surface area contributed by atoms with E-state index in [1.165, 1.54) is 0 Å². The number of aromatic nitrogens is 1. The van der Waals surface area contributed by atoms with E-state index in [-0.39, 0.29) is 5.91 Å². The number of hydrogen-bond donors (Lipinski definition) is 0. The second kappa shape index (κ2) is 4.55. The molecule has 2 aromatic rings. The smallest absolute Gasteiger partial charge is 0.259 e. The molecule has 0 atom stereocenters. The largest absolute Gasteiger partial charge is 0.269 e. The molecular formula is C15H12N2OS. The van der Waals surface area contributed by atoms with E-state index in [9.17, 15) is 4.79 Å². The summed E-state index contributed by atoms with van der Waals surface area (Å²) in [4.78, 5) is 20.4. The Morgan fingerprint density at radius 3 is 2.74 bits per heavy atom. The number of anilines is 2. The Balaban J connectivity index is 2.22. The van der Waals surface area contributed by atoms with Crippen LogP contribution in [0.5, 0.6) is 0 Å². The number of nitrogens with zero attached hydrogens (tertiary/aromatic N) is 2. The van der Waals surface area contributed by atoms with Crippen LogP contribution in [0.25, 0.3) is 0 Å². The normalized spacial score (nSPS) is 12.6. The third kappa shape index (κ3) is 1.94. The Hall–Kier alpha value is -2.07. The highest BCUT2D eigenvalue weighted by Crippen LogP contribution is 2.47. The van der Waals surface area contributed by atoms with Gasteiger partial charge in [-0.1, -0.05) is 30.5 Å². The number of fused-ring (bicyclic) bond motifs is 2. The van der Waals surface area contributed by atoms with Crippen molar-refractivity contribution in [3.63, 3.8) is 0 Å². The minimum atomic E-state index is -0.118. The summed E-state index contributed by atoms with van der Waals surface area (Å²) in [6.45, 7) is 5.47. The average molecular weight is 268 g/mol. The molecule has 1 aromatic carbocycles. The van der Waals surface area contributed by atoms with Crippen molar-refractivity contribution in [3.8, 4) is 0 Å². The second-order valence-corrected chi connectivity index (χ2v) is 5.40. The van der Waals surface area contributed by atoms with E-state index in [2.05, 4.69) is 11.6 Å².